The summed E-state index contributed by atoms with van der Waals surface area (Å²) in [6.45, 7) is 0. The minimum atomic E-state index is -0.210. The Labute approximate surface area is 96.5 Å². The van der Waals surface area contributed by atoms with Gasteiger partial charge in [-0.3, -0.25) is 0 Å². The van der Waals surface area contributed by atoms with Gasteiger partial charge in [0.25, 0.3) is 0 Å². The summed E-state index contributed by atoms with van der Waals surface area (Å²) in [5.74, 6) is -0.419. The van der Waals surface area contributed by atoms with Crippen LogP contribution in [0.25, 0.3) is 0 Å². The molecule has 2 rings (SSSR count). The van der Waals surface area contributed by atoms with E-state index in [-0.39, 0.29) is 11.6 Å². The van der Waals surface area contributed by atoms with Crippen LogP contribution in [-0.4, -0.2) is 0 Å². The molecular formula is C12H10F2P2. The Morgan fingerprint density at radius 3 is 1.19 bits per heavy atom. The second kappa shape index (κ2) is 5.48. The van der Waals surface area contributed by atoms with Gasteiger partial charge in [0.2, 0.25) is 0 Å². The van der Waals surface area contributed by atoms with E-state index in [0.29, 0.717) is 16.5 Å². The number of hydrogen-bond donors (Lipinski definition) is 0. The molecule has 2 aromatic carbocycles. The Morgan fingerprint density at radius 1 is 0.562 bits per heavy atom. The molecule has 82 valence electrons. The minimum absolute atomic E-state index is 0.210. The van der Waals surface area contributed by atoms with Crippen LogP contribution < -0.4 is 10.6 Å². The summed E-state index contributed by atoms with van der Waals surface area (Å²) in [6.07, 6.45) is 0. The lowest BCUT2D eigenvalue weighted by atomic mass is 10.4. The molecule has 0 saturated carbocycles. The fraction of sp³-hybridized carbons (Fsp3) is 0. The third-order valence-corrected chi connectivity index (χ3v) is 5.52. The highest BCUT2D eigenvalue weighted by Gasteiger charge is 1.96. The normalized spacial score (nSPS) is 11.9. The van der Waals surface area contributed by atoms with Crippen LogP contribution >= 0.6 is 16.5 Å². The van der Waals surface area contributed by atoms with Crippen LogP contribution in [0.3, 0.4) is 0 Å². The molecule has 0 aromatic heterocycles. The smallest absolute Gasteiger partial charge is 0.123 e. The Kier molecular flexibility index (Phi) is 3.98. The van der Waals surface area contributed by atoms with Gasteiger partial charge < -0.3 is 0 Å². The van der Waals surface area contributed by atoms with E-state index in [4.69, 9.17) is 0 Å². The van der Waals surface area contributed by atoms with E-state index < -0.39 is 0 Å². The summed E-state index contributed by atoms with van der Waals surface area (Å²) in [7, 11) is 1.23. The lowest BCUT2D eigenvalue weighted by Crippen LogP contribution is -1.95. The van der Waals surface area contributed by atoms with E-state index in [1.807, 2.05) is 0 Å². The van der Waals surface area contributed by atoms with Gasteiger partial charge in [0, 0.05) is 0 Å². The van der Waals surface area contributed by atoms with Crippen molar-refractivity contribution in [3.05, 3.63) is 60.2 Å². The van der Waals surface area contributed by atoms with Crippen molar-refractivity contribution in [1.82, 2.24) is 0 Å². The zero-order valence-corrected chi connectivity index (χ0v) is 10.4. The lowest BCUT2D eigenvalue weighted by molar-refractivity contribution is 0.628. The van der Waals surface area contributed by atoms with Gasteiger partial charge >= 0.3 is 0 Å². The van der Waals surface area contributed by atoms with Crippen LogP contribution in [0.4, 0.5) is 8.78 Å². The van der Waals surface area contributed by atoms with Crippen LogP contribution in [0, 0.1) is 11.6 Å². The molecule has 0 aliphatic heterocycles. The van der Waals surface area contributed by atoms with Crippen molar-refractivity contribution >= 4 is 27.1 Å². The fourth-order valence-corrected chi connectivity index (χ4v) is 4.03. The van der Waals surface area contributed by atoms with Crippen LogP contribution in [0.2, 0.25) is 0 Å². The quantitative estimate of drug-likeness (QED) is 0.738. The molecule has 0 N–H and O–H groups in total. The van der Waals surface area contributed by atoms with E-state index >= 15 is 0 Å². The van der Waals surface area contributed by atoms with Crippen molar-refractivity contribution in [2.75, 3.05) is 0 Å². The van der Waals surface area contributed by atoms with Crippen LogP contribution in [-0.2, 0) is 0 Å². The van der Waals surface area contributed by atoms with Crippen molar-refractivity contribution in [3.8, 4) is 0 Å². The maximum Gasteiger partial charge on any atom is 0.123 e. The molecule has 0 saturated heterocycles. The first-order valence-corrected chi connectivity index (χ1v) is 7.77. The minimum Gasteiger partial charge on any atom is -0.207 e. The molecule has 16 heavy (non-hydrogen) atoms. The molecule has 0 aliphatic carbocycles. The van der Waals surface area contributed by atoms with Crippen molar-refractivity contribution in [2.24, 2.45) is 0 Å². The second-order valence-corrected chi connectivity index (χ2v) is 6.42. The molecule has 0 bridgehead atoms. The fourth-order valence-electron chi connectivity index (χ4n) is 1.21. The number of halogens is 2. The molecule has 2 atom stereocenters. The van der Waals surface area contributed by atoms with Gasteiger partial charge in [0.05, 0.1) is 0 Å². The van der Waals surface area contributed by atoms with Crippen molar-refractivity contribution in [2.45, 2.75) is 0 Å². The molecule has 0 nitrogen and oxygen atoms in total. The molecular weight excluding hydrogens is 244 g/mol. The third-order valence-electron chi connectivity index (χ3n) is 2.04. The van der Waals surface area contributed by atoms with Gasteiger partial charge in [-0.2, -0.15) is 0 Å². The highest BCUT2D eigenvalue weighted by Crippen LogP contribution is 2.34. The molecule has 0 aliphatic rings. The van der Waals surface area contributed by atoms with E-state index in [1.165, 1.54) is 24.3 Å². The first-order valence-electron chi connectivity index (χ1n) is 4.77. The first kappa shape index (κ1) is 11.6. The van der Waals surface area contributed by atoms with Gasteiger partial charge in [-0.1, -0.05) is 40.8 Å². The molecule has 0 fully saturated rings. The Hall–Kier alpha value is -0.840. The standard InChI is InChI=1S/C12H10F2P2/c13-9-1-5-11(6-2-9)15-16-12-7-3-10(14)4-8-12/h1-8,15-16H. The Morgan fingerprint density at radius 2 is 0.875 bits per heavy atom. The Balaban J connectivity index is 1.97. The van der Waals surface area contributed by atoms with E-state index in [9.17, 15) is 8.78 Å². The van der Waals surface area contributed by atoms with Crippen molar-refractivity contribution in [1.29, 1.82) is 0 Å². The van der Waals surface area contributed by atoms with Gasteiger partial charge in [-0.05, 0) is 34.9 Å². The average molecular weight is 254 g/mol. The summed E-state index contributed by atoms with van der Waals surface area (Å²) in [5, 5.41) is 2.26. The van der Waals surface area contributed by atoms with Gasteiger partial charge in [-0.25, -0.2) is 8.78 Å². The summed E-state index contributed by atoms with van der Waals surface area (Å²) in [6, 6.07) is 13.1. The van der Waals surface area contributed by atoms with Gasteiger partial charge in [0.1, 0.15) is 11.6 Å². The Bertz CT molecular complexity index is 406. The zero-order valence-electron chi connectivity index (χ0n) is 8.37. The topological polar surface area (TPSA) is 0 Å². The van der Waals surface area contributed by atoms with Crippen molar-refractivity contribution < 1.29 is 8.78 Å². The number of hydrogen-bond acceptors (Lipinski definition) is 0. The monoisotopic (exact) mass is 254 g/mol. The molecule has 2 unspecified atom stereocenters. The maximum atomic E-state index is 12.7. The van der Waals surface area contributed by atoms with Crippen LogP contribution in [0.1, 0.15) is 0 Å². The van der Waals surface area contributed by atoms with E-state index in [2.05, 4.69) is 0 Å². The number of benzene rings is 2. The molecule has 0 amide bonds. The second-order valence-electron chi connectivity index (χ2n) is 3.26. The first-order chi connectivity index (χ1) is 7.74. The predicted molar refractivity (Wildman–Crippen MR) is 68.7 cm³/mol. The summed E-state index contributed by atoms with van der Waals surface area (Å²) >= 11 is 0. The zero-order chi connectivity index (χ0) is 11.4. The van der Waals surface area contributed by atoms with Crippen LogP contribution in [0.5, 0.6) is 0 Å². The average Bonchev–Trinajstić information content (AvgIpc) is 2.30. The van der Waals surface area contributed by atoms with Gasteiger partial charge in [0.15, 0.2) is 0 Å². The van der Waals surface area contributed by atoms with E-state index in [1.54, 1.807) is 24.3 Å². The highest BCUT2D eigenvalue weighted by atomic mass is 32.0. The SMILES string of the molecule is Fc1ccc(PPc2ccc(F)cc2)cc1. The van der Waals surface area contributed by atoms with Crippen molar-refractivity contribution in [3.63, 3.8) is 0 Å². The number of rotatable bonds is 3. The molecule has 4 heteroatoms. The highest BCUT2D eigenvalue weighted by molar-refractivity contribution is 8.18. The van der Waals surface area contributed by atoms with E-state index in [0.717, 1.165) is 10.6 Å². The summed E-state index contributed by atoms with van der Waals surface area (Å²) < 4.78 is 25.3. The lowest BCUT2D eigenvalue weighted by Gasteiger charge is -2.02. The predicted octanol–water partition coefficient (Wildman–Crippen LogP) is 3.19. The molecule has 2 aromatic rings. The largest absolute Gasteiger partial charge is 0.207 e. The molecule has 0 heterocycles. The molecule has 0 spiro atoms. The van der Waals surface area contributed by atoms with Gasteiger partial charge in [-0.15, -0.1) is 0 Å². The molecule has 0 radical (unpaired) electrons. The maximum absolute atomic E-state index is 12.7. The summed E-state index contributed by atoms with van der Waals surface area (Å²) in [5.41, 5.74) is 0. The van der Waals surface area contributed by atoms with Crippen LogP contribution in [0.15, 0.2) is 48.5 Å². The third kappa shape index (κ3) is 3.33. The summed E-state index contributed by atoms with van der Waals surface area (Å²) in [4.78, 5) is 0.